The Hall–Kier alpha value is -1.53. The lowest BCUT2D eigenvalue weighted by atomic mass is 10.2. The van der Waals surface area contributed by atoms with Crippen LogP contribution in [0.4, 0.5) is 0 Å². The topological polar surface area (TPSA) is 65.4 Å². The van der Waals surface area contributed by atoms with Crippen molar-refractivity contribution in [2.45, 2.75) is 13.3 Å². The summed E-state index contributed by atoms with van der Waals surface area (Å²) in [5, 5.41) is 4.40. The van der Waals surface area contributed by atoms with Crippen LogP contribution in [0.3, 0.4) is 0 Å². The van der Waals surface area contributed by atoms with E-state index in [2.05, 4.69) is 10.1 Å². The quantitative estimate of drug-likeness (QED) is 0.815. The monoisotopic (exact) mass is 250 g/mol. The molecule has 0 unspecified atom stereocenters. The molecule has 0 aliphatic carbocycles. The lowest BCUT2D eigenvalue weighted by Crippen LogP contribution is -2.12. The highest BCUT2D eigenvalue weighted by Crippen LogP contribution is 2.12. The van der Waals surface area contributed by atoms with Gasteiger partial charge in [0.05, 0.1) is 12.2 Å². The van der Waals surface area contributed by atoms with Crippen molar-refractivity contribution in [1.82, 2.24) is 14.6 Å². The number of nitrogens with zero attached hydrogens (tertiary/aromatic N) is 3. The van der Waals surface area contributed by atoms with Crippen LogP contribution in [0.1, 0.15) is 17.1 Å². The molecule has 0 fully saturated rings. The lowest BCUT2D eigenvalue weighted by molar-refractivity contribution is 0.200. The van der Waals surface area contributed by atoms with Gasteiger partial charge in [0.15, 0.2) is 11.5 Å². The standard InChI is InChI=1S/C11H14N4OS/c1-7-3-4-8(10(12)17)11-13-9(5-6-16-2)14-15(7)11/h3-4H,5-6H2,1-2H3,(H2,12,17). The van der Waals surface area contributed by atoms with Gasteiger partial charge < -0.3 is 10.5 Å². The zero-order valence-corrected chi connectivity index (χ0v) is 10.6. The van der Waals surface area contributed by atoms with Crippen molar-refractivity contribution in [3.63, 3.8) is 0 Å². The Morgan fingerprint density at radius 2 is 2.29 bits per heavy atom. The van der Waals surface area contributed by atoms with E-state index in [0.29, 0.717) is 23.7 Å². The first-order chi connectivity index (χ1) is 8.13. The van der Waals surface area contributed by atoms with E-state index in [0.717, 1.165) is 17.1 Å². The summed E-state index contributed by atoms with van der Waals surface area (Å²) in [6.07, 6.45) is 0.675. The van der Waals surface area contributed by atoms with Crippen LogP contribution >= 0.6 is 12.2 Å². The molecule has 2 heterocycles. The average molecular weight is 250 g/mol. The molecule has 2 aromatic heterocycles. The number of thiocarbonyl (C=S) groups is 1. The number of aryl methyl sites for hydroxylation is 1. The summed E-state index contributed by atoms with van der Waals surface area (Å²) in [4.78, 5) is 4.77. The van der Waals surface area contributed by atoms with Gasteiger partial charge in [0, 0.05) is 19.2 Å². The molecular formula is C11H14N4OS. The molecule has 2 N–H and O–H groups in total. The summed E-state index contributed by atoms with van der Waals surface area (Å²) in [6, 6.07) is 3.80. The van der Waals surface area contributed by atoms with Crippen LogP contribution in [0.5, 0.6) is 0 Å². The number of methoxy groups -OCH3 is 1. The SMILES string of the molecule is COCCc1nc2c(C(N)=S)ccc(C)n2n1. The minimum Gasteiger partial charge on any atom is -0.389 e. The van der Waals surface area contributed by atoms with E-state index in [1.54, 1.807) is 11.6 Å². The molecule has 0 radical (unpaired) electrons. The first-order valence-electron chi connectivity index (χ1n) is 5.27. The molecule has 0 aliphatic rings. The Labute approximate surface area is 105 Å². The Morgan fingerprint density at radius 3 is 2.94 bits per heavy atom. The number of ether oxygens (including phenoxy) is 1. The van der Waals surface area contributed by atoms with Crippen molar-refractivity contribution >= 4 is 22.9 Å². The van der Waals surface area contributed by atoms with Crippen molar-refractivity contribution in [2.24, 2.45) is 5.73 Å². The predicted octanol–water partition coefficient (Wildman–Crippen LogP) is 0.861. The highest BCUT2D eigenvalue weighted by Gasteiger charge is 2.11. The fourth-order valence-corrected chi connectivity index (χ4v) is 1.77. The van der Waals surface area contributed by atoms with Gasteiger partial charge in [0.25, 0.3) is 0 Å². The van der Waals surface area contributed by atoms with Gasteiger partial charge in [-0.15, -0.1) is 0 Å². The van der Waals surface area contributed by atoms with Crippen LogP contribution in [-0.4, -0.2) is 33.3 Å². The lowest BCUT2D eigenvalue weighted by Gasteiger charge is -2.02. The van der Waals surface area contributed by atoms with Gasteiger partial charge in [-0.25, -0.2) is 9.50 Å². The normalized spacial score (nSPS) is 10.9. The molecule has 0 aliphatic heterocycles. The molecule has 0 saturated carbocycles. The molecule has 17 heavy (non-hydrogen) atoms. The maximum absolute atomic E-state index is 5.66. The molecule has 0 saturated heterocycles. The predicted molar refractivity (Wildman–Crippen MR) is 69.2 cm³/mol. The van der Waals surface area contributed by atoms with Gasteiger partial charge in [0.1, 0.15) is 4.99 Å². The largest absolute Gasteiger partial charge is 0.389 e. The number of hydrogen-bond acceptors (Lipinski definition) is 4. The zero-order valence-electron chi connectivity index (χ0n) is 9.80. The number of rotatable bonds is 4. The van der Waals surface area contributed by atoms with Crippen LogP contribution in [0.2, 0.25) is 0 Å². The third-order valence-electron chi connectivity index (χ3n) is 2.51. The highest BCUT2D eigenvalue weighted by atomic mass is 32.1. The van der Waals surface area contributed by atoms with Crippen LogP contribution in [0.15, 0.2) is 12.1 Å². The molecule has 0 aromatic carbocycles. The van der Waals surface area contributed by atoms with Crippen LogP contribution in [-0.2, 0) is 11.2 Å². The van der Waals surface area contributed by atoms with Crippen molar-refractivity contribution in [3.05, 3.63) is 29.2 Å². The Kier molecular flexibility index (Phi) is 3.35. The maximum atomic E-state index is 5.66. The minimum atomic E-state index is 0.334. The third kappa shape index (κ3) is 2.27. The molecule has 6 heteroatoms. The van der Waals surface area contributed by atoms with Gasteiger partial charge >= 0.3 is 0 Å². The molecule has 0 spiro atoms. The van der Waals surface area contributed by atoms with Gasteiger partial charge in [-0.05, 0) is 19.1 Å². The summed E-state index contributed by atoms with van der Waals surface area (Å²) in [5.41, 5.74) is 8.12. The van der Waals surface area contributed by atoms with Crippen molar-refractivity contribution in [3.8, 4) is 0 Å². The van der Waals surface area contributed by atoms with Crippen molar-refractivity contribution in [2.75, 3.05) is 13.7 Å². The van der Waals surface area contributed by atoms with Crippen LogP contribution in [0.25, 0.3) is 5.65 Å². The molecule has 0 bridgehead atoms. The number of hydrogen-bond donors (Lipinski definition) is 1. The molecule has 2 aromatic rings. The summed E-state index contributed by atoms with van der Waals surface area (Å²) in [7, 11) is 1.65. The Morgan fingerprint density at radius 1 is 1.53 bits per heavy atom. The fraction of sp³-hybridized carbons (Fsp3) is 0.364. The third-order valence-corrected chi connectivity index (χ3v) is 2.73. The second kappa shape index (κ2) is 4.77. The smallest absolute Gasteiger partial charge is 0.166 e. The molecule has 5 nitrogen and oxygen atoms in total. The molecular weight excluding hydrogens is 236 g/mol. The van der Waals surface area contributed by atoms with E-state index in [9.17, 15) is 0 Å². The van der Waals surface area contributed by atoms with Gasteiger partial charge in [-0.1, -0.05) is 12.2 Å². The van der Waals surface area contributed by atoms with Crippen LogP contribution in [0, 0.1) is 6.92 Å². The summed E-state index contributed by atoms with van der Waals surface area (Å²) in [5.74, 6) is 0.735. The number of aromatic nitrogens is 3. The van der Waals surface area contributed by atoms with E-state index in [-0.39, 0.29) is 0 Å². The average Bonchev–Trinajstić information content (AvgIpc) is 2.71. The first kappa shape index (κ1) is 11.9. The number of pyridine rings is 1. The fourth-order valence-electron chi connectivity index (χ4n) is 1.62. The molecule has 0 atom stereocenters. The van der Waals surface area contributed by atoms with Gasteiger partial charge in [-0.2, -0.15) is 5.10 Å². The van der Waals surface area contributed by atoms with E-state index in [4.69, 9.17) is 22.7 Å². The minimum absolute atomic E-state index is 0.334. The van der Waals surface area contributed by atoms with Crippen molar-refractivity contribution in [1.29, 1.82) is 0 Å². The number of fused-ring (bicyclic) bond motifs is 1. The summed E-state index contributed by atoms with van der Waals surface area (Å²) >= 11 is 5.00. The zero-order chi connectivity index (χ0) is 12.4. The summed E-state index contributed by atoms with van der Waals surface area (Å²) < 4.78 is 6.77. The van der Waals surface area contributed by atoms with E-state index in [1.807, 2.05) is 19.1 Å². The van der Waals surface area contributed by atoms with E-state index >= 15 is 0 Å². The van der Waals surface area contributed by atoms with Crippen molar-refractivity contribution < 1.29 is 4.74 Å². The molecule has 90 valence electrons. The van der Waals surface area contributed by atoms with E-state index in [1.165, 1.54) is 0 Å². The Bertz CT molecular complexity index is 564. The second-order valence-electron chi connectivity index (χ2n) is 3.76. The number of nitrogens with two attached hydrogens (primary N) is 1. The van der Waals surface area contributed by atoms with Gasteiger partial charge in [-0.3, -0.25) is 0 Å². The summed E-state index contributed by atoms with van der Waals surface area (Å²) in [6.45, 7) is 2.56. The Balaban J connectivity index is 2.53. The second-order valence-corrected chi connectivity index (χ2v) is 4.20. The highest BCUT2D eigenvalue weighted by molar-refractivity contribution is 7.80. The maximum Gasteiger partial charge on any atom is 0.166 e. The van der Waals surface area contributed by atoms with E-state index < -0.39 is 0 Å². The first-order valence-corrected chi connectivity index (χ1v) is 5.68. The molecule has 0 amide bonds. The van der Waals surface area contributed by atoms with Crippen LogP contribution < -0.4 is 5.73 Å². The molecule has 2 rings (SSSR count). The van der Waals surface area contributed by atoms with Gasteiger partial charge in [0.2, 0.25) is 0 Å².